The molecule has 1 aliphatic heterocycles. The number of rotatable bonds is 6. The maximum Gasteiger partial charge on any atom is 0.352 e. The van der Waals surface area contributed by atoms with E-state index in [0.29, 0.717) is 6.54 Å². The smallest absolute Gasteiger partial charge is 0.352 e. The van der Waals surface area contributed by atoms with E-state index in [1.165, 1.54) is 10.6 Å². The van der Waals surface area contributed by atoms with Gasteiger partial charge in [-0.25, -0.2) is 4.79 Å². The van der Waals surface area contributed by atoms with Gasteiger partial charge in [0.05, 0.1) is 0 Å². The Morgan fingerprint density at radius 2 is 2.10 bits per heavy atom. The van der Waals surface area contributed by atoms with E-state index in [1.54, 1.807) is 12.3 Å². The Morgan fingerprint density at radius 1 is 1.35 bits per heavy atom. The second-order valence-corrected chi connectivity index (χ2v) is 5.86. The fraction of sp³-hybridized carbons (Fsp3) is 0.538. The molecule has 1 fully saturated rings. The van der Waals surface area contributed by atoms with Crippen molar-refractivity contribution in [1.82, 2.24) is 14.8 Å². The van der Waals surface area contributed by atoms with Crippen LogP contribution >= 0.6 is 11.8 Å². The zero-order chi connectivity index (χ0) is 14.4. The largest absolute Gasteiger partial charge is 0.477 e. The number of carbonyl (C=O) groups is 2. The molecule has 1 amide bonds. The van der Waals surface area contributed by atoms with Crippen LogP contribution in [0.1, 0.15) is 10.5 Å². The van der Waals surface area contributed by atoms with Gasteiger partial charge in [-0.15, -0.1) is 0 Å². The second-order valence-electron chi connectivity index (χ2n) is 4.63. The Labute approximate surface area is 122 Å². The minimum absolute atomic E-state index is 0.0461. The maximum absolute atomic E-state index is 11.8. The van der Waals surface area contributed by atoms with Crippen LogP contribution in [0.4, 0.5) is 0 Å². The number of amides is 1. The fourth-order valence-corrected chi connectivity index (χ4v) is 3.11. The van der Waals surface area contributed by atoms with Gasteiger partial charge < -0.3 is 15.0 Å². The fourth-order valence-electron chi connectivity index (χ4n) is 2.13. The van der Waals surface area contributed by atoms with Crippen LogP contribution in [0.15, 0.2) is 18.3 Å². The highest BCUT2D eigenvalue weighted by Gasteiger charge is 2.12. The van der Waals surface area contributed by atoms with E-state index in [2.05, 4.69) is 10.2 Å². The lowest BCUT2D eigenvalue weighted by molar-refractivity contribution is -0.121. The summed E-state index contributed by atoms with van der Waals surface area (Å²) in [6.45, 7) is 3.64. The van der Waals surface area contributed by atoms with Crippen LogP contribution in [0.2, 0.25) is 0 Å². The van der Waals surface area contributed by atoms with Crippen molar-refractivity contribution >= 4 is 23.6 Å². The molecule has 0 aromatic carbocycles. The van der Waals surface area contributed by atoms with Gasteiger partial charge in [0.2, 0.25) is 5.91 Å². The molecule has 0 radical (unpaired) electrons. The van der Waals surface area contributed by atoms with Crippen molar-refractivity contribution in [2.45, 2.75) is 6.54 Å². The van der Waals surface area contributed by atoms with Crippen LogP contribution < -0.4 is 5.32 Å². The van der Waals surface area contributed by atoms with Gasteiger partial charge in [0.15, 0.2) is 0 Å². The molecule has 1 aliphatic rings. The molecule has 110 valence electrons. The van der Waals surface area contributed by atoms with E-state index in [0.717, 1.165) is 31.1 Å². The summed E-state index contributed by atoms with van der Waals surface area (Å²) in [5.41, 5.74) is 0.133. The van der Waals surface area contributed by atoms with Crippen LogP contribution in [-0.2, 0) is 11.3 Å². The molecule has 0 atom stereocenters. The number of hydrogen-bond acceptors (Lipinski definition) is 4. The van der Waals surface area contributed by atoms with Crippen molar-refractivity contribution in [2.75, 3.05) is 37.7 Å². The SMILES string of the molecule is O=C(Cn1cccc1C(=O)O)NCCN1CCSCC1. The molecule has 6 nitrogen and oxygen atoms in total. The van der Waals surface area contributed by atoms with E-state index in [-0.39, 0.29) is 18.1 Å². The van der Waals surface area contributed by atoms with Crippen molar-refractivity contribution in [2.24, 2.45) is 0 Å². The number of nitrogens with zero attached hydrogens (tertiary/aromatic N) is 2. The van der Waals surface area contributed by atoms with Crippen molar-refractivity contribution in [1.29, 1.82) is 0 Å². The van der Waals surface area contributed by atoms with Crippen LogP contribution in [0.3, 0.4) is 0 Å². The molecule has 0 saturated carbocycles. The van der Waals surface area contributed by atoms with Crippen molar-refractivity contribution in [3.63, 3.8) is 0 Å². The highest BCUT2D eigenvalue weighted by atomic mass is 32.2. The van der Waals surface area contributed by atoms with Gasteiger partial charge in [-0.3, -0.25) is 9.69 Å². The number of carboxylic acids is 1. The Bertz CT molecular complexity index is 469. The molecule has 2 N–H and O–H groups in total. The summed E-state index contributed by atoms with van der Waals surface area (Å²) in [6, 6.07) is 3.11. The summed E-state index contributed by atoms with van der Waals surface area (Å²) in [5.74, 6) is 1.13. The summed E-state index contributed by atoms with van der Waals surface area (Å²) in [5, 5.41) is 11.8. The van der Waals surface area contributed by atoms with Crippen LogP contribution in [0.25, 0.3) is 0 Å². The lowest BCUT2D eigenvalue weighted by Gasteiger charge is -2.26. The van der Waals surface area contributed by atoms with E-state index < -0.39 is 5.97 Å². The third kappa shape index (κ3) is 4.28. The first kappa shape index (κ1) is 14.9. The van der Waals surface area contributed by atoms with Crippen LogP contribution in [-0.4, -0.2) is 64.1 Å². The first-order chi connectivity index (χ1) is 9.66. The molecular formula is C13H19N3O3S. The molecule has 0 spiro atoms. The monoisotopic (exact) mass is 297 g/mol. The maximum atomic E-state index is 11.8. The number of carbonyl (C=O) groups excluding carboxylic acids is 1. The van der Waals surface area contributed by atoms with Gasteiger partial charge in [0.25, 0.3) is 0 Å². The zero-order valence-electron chi connectivity index (χ0n) is 11.2. The number of aromatic nitrogens is 1. The van der Waals surface area contributed by atoms with Crippen molar-refractivity contribution in [3.05, 3.63) is 24.0 Å². The molecule has 2 heterocycles. The third-order valence-corrected chi connectivity index (χ3v) is 4.16. The number of aromatic carboxylic acids is 1. The van der Waals surface area contributed by atoms with Crippen LogP contribution in [0, 0.1) is 0 Å². The quantitative estimate of drug-likeness (QED) is 0.792. The van der Waals surface area contributed by atoms with E-state index in [9.17, 15) is 9.59 Å². The molecule has 1 aromatic rings. The summed E-state index contributed by atoms with van der Waals surface area (Å²) in [7, 11) is 0. The Balaban J connectivity index is 1.72. The molecule has 20 heavy (non-hydrogen) atoms. The predicted octanol–water partition coefficient (Wildman–Crippen LogP) is 0.351. The predicted molar refractivity (Wildman–Crippen MR) is 78.2 cm³/mol. The Morgan fingerprint density at radius 3 is 2.80 bits per heavy atom. The third-order valence-electron chi connectivity index (χ3n) is 3.22. The van der Waals surface area contributed by atoms with Gasteiger partial charge in [0, 0.05) is 43.9 Å². The van der Waals surface area contributed by atoms with Crippen LogP contribution in [0.5, 0.6) is 0 Å². The lowest BCUT2D eigenvalue weighted by Crippen LogP contribution is -2.40. The summed E-state index contributed by atoms with van der Waals surface area (Å²) >= 11 is 1.96. The number of thioether (sulfide) groups is 1. The topological polar surface area (TPSA) is 74.6 Å². The summed E-state index contributed by atoms with van der Waals surface area (Å²) < 4.78 is 1.44. The second kappa shape index (κ2) is 7.35. The van der Waals surface area contributed by atoms with Crippen molar-refractivity contribution in [3.8, 4) is 0 Å². The molecular weight excluding hydrogens is 278 g/mol. The van der Waals surface area contributed by atoms with Gasteiger partial charge in [-0.05, 0) is 12.1 Å². The lowest BCUT2D eigenvalue weighted by atomic mass is 10.4. The minimum atomic E-state index is -1.02. The van der Waals surface area contributed by atoms with Gasteiger partial charge in [0.1, 0.15) is 12.2 Å². The van der Waals surface area contributed by atoms with E-state index in [4.69, 9.17) is 5.11 Å². The average Bonchev–Trinajstić information content (AvgIpc) is 2.88. The minimum Gasteiger partial charge on any atom is -0.477 e. The summed E-state index contributed by atoms with van der Waals surface area (Å²) in [6.07, 6.45) is 1.60. The molecule has 7 heteroatoms. The molecule has 0 aliphatic carbocycles. The number of nitrogens with one attached hydrogen (secondary N) is 1. The highest BCUT2D eigenvalue weighted by molar-refractivity contribution is 7.99. The Hall–Kier alpha value is -1.47. The first-order valence-corrected chi connectivity index (χ1v) is 7.77. The zero-order valence-corrected chi connectivity index (χ0v) is 12.1. The summed E-state index contributed by atoms with van der Waals surface area (Å²) in [4.78, 5) is 25.0. The van der Waals surface area contributed by atoms with Gasteiger partial charge in [-0.2, -0.15) is 11.8 Å². The average molecular weight is 297 g/mol. The number of hydrogen-bond donors (Lipinski definition) is 2. The first-order valence-electron chi connectivity index (χ1n) is 6.62. The Kier molecular flexibility index (Phi) is 5.49. The van der Waals surface area contributed by atoms with E-state index in [1.807, 2.05) is 11.8 Å². The molecule has 0 unspecified atom stereocenters. The standard InChI is InChI=1S/C13H19N3O3S/c17-12(10-16-4-1-2-11(16)13(18)19)14-3-5-15-6-8-20-9-7-15/h1-2,4H,3,5-10H2,(H,14,17)(H,18,19). The molecule has 1 aromatic heterocycles. The van der Waals surface area contributed by atoms with Crippen molar-refractivity contribution < 1.29 is 14.7 Å². The van der Waals surface area contributed by atoms with E-state index >= 15 is 0 Å². The normalized spacial score (nSPS) is 16.0. The number of carboxylic acid groups (broad SMARTS) is 1. The van der Waals surface area contributed by atoms with Gasteiger partial charge >= 0.3 is 5.97 Å². The highest BCUT2D eigenvalue weighted by Crippen LogP contribution is 2.08. The molecule has 2 rings (SSSR count). The van der Waals surface area contributed by atoms with Gasteiger partial charge in [-0.1, -0.05) is 0 Å². The molecule has 0 bridgehead atoms. The molecule has 1 saturated heterocycles.